The molecule has 1 aromatic heterocycles. The summed E-state index contributed by atoms with van der Waals surface area (Å²) >= 11 is 0. The van der Waals surface area contributed by atoms with Crippen molar-refractivity contribution < 1.29 is 19.0 Å². The van der Waals surface area contributed by atoms with Crippen LogP contribution in [-0.4, -0.2) is 69.0 Å². The van der Waals surface area contributed by atoms with Gasteiger partial charge in [-0.1, -0.05) is 18.2 Å². The summed E-state index contributed by atoms with van der Waals surface area (Å²) in [5, 5.41) is 1.21. The molecule has 0 spiro atoms. The third-order valence-electron chi connectivity index (χ3n) is 6.27. The molecule has 0 bridgehead atoms. The Morgan fingerprint density at radius 2 is 1.76 bits per heavy atom. The Morgan fingerprint density at radius 1 is 1.00 bits per heavy atom. The second-order valence-electron chi connectivity index (χ2n) is 8.22. The molecule has 1 aliphatic rings. The van der Waals surface area contributed by atoms with Gasteiger partial charge in [-0.2, -0.15) is 0 Å². The van der Waals surface area contributed by atoms with Crippen molar-refractivity contribution in [1.29, 1.82) is 0 Å². The van der Waals surface area contributed by atoms with E-state index in [9.17, 15) is 4.79 Å². The Bertz CT molecular complexity index is 1090. The summed E-state index contributed by atoms with van der Waals surface area (Å²) < 4.78 is 18.1. The van der Waals surface area contributed by atoms with E-state index < -0.39 is 0 Å². The molecule has 4 rings (SSSR count). The lowest BCUT2D eigenvalue weighted by atomic mass is 10.1. The number of halogens is 1. The van der Waals surface area contributed by atoms with Gasteiger partial charge in [-0.3, -0.25) is 9.69 Å². The number of piperazine rings is 1. The fraction of sp³-hybridized carbons (Fsp3) is 0.423. The average molecular weight is 488 g/mol. The Kier molecular flexibility index (Phi) is 9.07. The first-order valence-corrected chi connectivity index (χ1v) is 11.5. The minimum absolute atomic E-state index is 0. The van der Waals surface area contributed by atoms with Crippen LogP contribution in [0.15, 0.2) is 48.7 Å². The lowest BCUT2D eigenvalue weighted by molar-refractivity contribution is -0.143. The number of nitrogens with zero attached hydrogens (tertiary/aromatic N) is 3. The lowest BCUT2D eigenvalue weighted by Crippen LogP contribution is -2.47. The van der Waals surface area contributed by atoms with Crippen molar-refractivity contribution in [2.75, 3.05) is 58.5 Å². The highest BCUT2D eigenvalue weighted by molar-refractivity contribution is 5.86. The van der Waals surface area contributed by atoms with Crippen LogP contribution in [-0.2, 0) is 22.5 Å². The average Bonchev–Trinajstić information content (AvgIpc) is 3.20. The highest BCUT2D eigenvalue weighted by Crippen LogP contribution is 2.33. The monoisotopic (exact) mass is 487 g/mol. The van der Waals surface area contributed by atoms with Crippen molar-refractivity contribution in [1.82, 2.24) is 9.47 Å². The van der Waals surface area contributed by atoms with Gasteiger partial charge in [0, 0.05) is 55.9 Å². The first-order valence-electron chi connectivity index (χ1n) is 11.5. The van der Waals surface area contributed by atoms with E-state index in [1.807, 2.05) is 35.8 Å². The van der Waals surface area contributed by atoms with Crippen molar-refractivity contribution in [3.05, 3.63) is 54.2 Å². The minimum atomic E-state index is -0.200. The number of benzene rings is 2. The number of carbonyl (C=O) groups excluding carboxylic acids is 1. The van der Waals surface area contributed by atoms with Crippen molar-refractivity contribution in [3.63, 3.8) is 0 Å². The van der Waals surface area contributed by atoms with Crippen LogP contribution in [0.1, 0.15) is 12.5 Å². The molecule has 0 atom stereocenters. The number of rotatable bonds is 9. The van der Waals surface area contributed by atoms with Crippen LogP contribution in [0.3, 0.4) is 0 Å². The zero-order valence-corrected chi connectivity index (χ0v) is 21.0. The predicted molar refractivity (Wildman–Crippen MR) is 138 cm³/mol. The standard InChI is InChI=1S/C26H33N3O4.ClH/c1-4-33-26(30)19-29-18-20(22-7-5-6-8-23(22)29)11-12-27-13-15-28(16-14-27)24-17-21(31-2)9-10-25(24)32-3;/h5-10,17-18H,4,11-16,19H2,1-3H3;1H. The summed E-state index contributed by atoms with van der Waals surface area (Å²) in [4.78, 5) is 16.9. The van der Waals surface area contributed by atoms with Gasteiger partial charge in [-0.25, -0.2) is 0 Å². The Hall–Kier alpha value is -2.90. The van der Waals surface area contributed by atoms with Gasteiger partial charge in [-0.15, -0.1) is 12.4 Å². The van der Waals surface area contributed by atoms with Crippen LogP contribution in [0.5, 0.6) is 11.5 Å². The molecule has 2 heterocycles. The van der Waals surface area contributed by atoms with Crippen molar-refractivity contribution >= 4 is 35.0 Å². The number of hydrogen-bond acceptors (Lipinski definition) is 6. The quantitative estimate of drug-likeness (QED) is 0.425. The summed E-state index contributed by atoms with van der Waals surface area (Å²) in [5.41, 5.74) is 3.43. The largest absolute Gasteiger partial charge is 0.497 e. The van der Waals surface area contributed by atoms with Gasteiger partial charge >= 0.3 is 5.97 Å². The second kappa shape index (κ2) is 12.0. The van der Waals surface area contributed by atoms with Gasteiger partial charge in [0.2, 0.25) is 0 Å². The molecule has 0 N–H and O–H groups in total. The molecule has 7 nitrogen and oxygen atoms in total. The third-order valence-corrected chi connectivity index (χ3v) is 6.27. The van der Waals surface area contributed by atoms with Crippen molar-refractivity contribution in [3.8, 4) is 11.5 Å². The second-order valence-corrected chi connectivity index (χ2v) is 8.22. The van der Waals surface area contributed by atoms with Crippen LogP contribution in [0.4, 0.5) is 5.69 Å². The van der Waals surface area contributed by atoms with E-state index in [2.05, 4.69) is 34.2 Å². The Morgan fingerprint density at radius 3 is 2.47 bits per heavy atom. The minimum Gasteiger partial charge on any atom is -0.497 e. The zero-order valence-electron chi connectivity index (χ0n) is 20.2. The highest BCUT2D eigenvalue weighted by atomic mass is 35.5. The van der Waals surface area contributed by atoms with Crippen LogP contribution >= 0.6 is 12.4 Å². The molecule has 184 valence electrons. The molecular formula is C26H34ClN3O4. The summed E-state index contributed by atoms with van der Waals surface area (Å²) in [5.74, 6) is 1.51. The van der Waals surface area contributed by atoms with E-state index >= 15 is 0 Å². The Balaban J connectivity index is 0.00000324. The van der Waals surface area contributed by atoms with E-state index in [4.69, 9.17) is 14.2 Å². The van der Waals surface area contributed by atoms with Crippen molar-refractivity contribution in [2.24, 2.45) is 0 Å². The maximum Gasteiger partial charge on any atom is 0.325 e. The molecule has 1 saturated heterocycles. The number of para-hydroxylation sites is 1. The van der Waals surface area contributed by atoms with Gasteiger partial charge < -0.3 is 23.7 Å². The molecule has 0 radical (unpaired) electrons. The number of carbonyl (C=O) groups is 1. The van der Waals surface area contributed by atoms with Crippen molar-refractivity contribution in [2.45, 2.75) is 19.9 Å². The van der Waals surface area contributed by atoms with Crippen LogP contribution in [0.2, 0.25) is 0 Å². The number of ether oxygens (including phenoxy) is 3. The molecule has 2 aromatic carbocycles. The number of fused-ring (bicyclic) bond motifs is 1. The highest BCUT2D eigenvalue weighted by Gasteiger charge is 2.21. The molecule has 8 heteroatoms. The van der Waals surface area contributed by atoms with Gasteiger partial charge in [0.05, 0.1) is 26.5 Å². The first-order chi connectivity index (χ1) is 16.1. The molecule has 0 unspecified atom stereocenters. The maximum atomic E-state index is 12.0. The van der Waals surface area contributed by atoms with E-state index in [0.29, 0.717) is 6.61 Å². The summed E-state index contributed by atoms with van der Waals surface area (Å²) in [7, 11) is 3.40. The molecule has 0 amide bonds. The molecular weight excluding hydrogens is 454 g/mol. The molecule has 1 fully saturated rings. The number of methoxy groups -OCH3 is 2. The van der Waals surface area contributed by atoms with Gasteiger partial charge in [0.15, 0.2) is 0 Å². The van der Waals surface area contributed by atoms with E-state index in [-0.39, 0.29) is 24.9 Å². The molecule has 1 aliphatic heterocycles. The third kappa shape index (κ3) is 5.77. The first kappa shape index (κ1) is 25.7. The van der Waals surface area contributed by atoms with Crippen LogP contribution < -0.4 is 14.4 Å². The predicted octanol–water partition coefficient (Wildman–Crippen LogP) is 4.01. The lowest BCUT2D eigenvalue weighted by Gasteiger charge is -2.36. The molecule has 34 heavy (non-hydrogen) atoms. The van der Waals surface area contributed by atoms with E-state index in [0.717, 1.165) is 61.8 Å². The molecule has 0 aliphatic carbocycles. The normalized spacial score (nSPS) is 14.0. The number of esters is 1. The zero-order chi connectivity index (χ0) is 23.2. The SMILES string of the molecule is CCOC(=O)Cn1cc(CCN2CCN(c3cc(OC)ccc3OC)CC2)c2ccccc21.Cl. The molecule has 3 aromatic rings. The van der Waals surface area contributed by atoms with Crippen LogP contribution in [0, 0.1) is 0 Å². The maximum absolute atomic E-state index is 12.0. The van der Waals surface area contributed by atoms with E-state index in [1.54, 1.807) is 14.2 Å². The Labute approximate surface area is 207 Å². The van der Waals surface area contributed by atoms with Crippen LogP contribution in [0.25, 0.3) is 10.9 Å². The van der Waals surface area contributed by atoms with Gasteiger partial charge in [0.1, 0.15) is 18.0 Å². The van der Waals surface area contributed by atoms with Gasteiger partial charge in [-0.05, 0) is 37.1 Å². The number of anilines is 1. The number of hydrogen-bond donors (Lipinski definition) is 0. The summed E-state index contributed by atoms with van der Waals surface area (Å²) in [6.45, 7) is 7.32. The van der Waals surface area contributed by atoms with Gasteiger partial charge in [0.25, 0.3) is 0 Å². The smallest absolute Gasteiger partial charge is 0.325 e. The fourth-order valence-corrected chi connectivity index (χ4v) is 4.53. The topological polar surface area (TPSA) is 56.2 Å². The van der Waals surface area contributed by atoms with E-state index in [1.165, 1.54) is 10.9 Å². The number of aromatic nitrogens is 1. The molecule has 0 saturated carbocycles. The fourth-order valence-electron chi connectivity index (χ4n) is 4.53. The summed E-state index contributed by atoms with van der Waals surface area (Å²) in [6, 6.07) is 14.2. The summed E-state index contributed by atoms with van der Waals surface area (Å²) in [6.07, 6.45) is 3.05.